The lowest BCUT2D eigenvalue weighted by molar-refractivity contribution is -0.384. The molecule has 0 radical (unpaired) electrons. The van der Waals surface area contributed by atoms with Crippen LogP contribution in [-0.4, -0.2) is 33.5 Å². The summed E-state index contributed by atoms with van der Waals surface area (Å²) in [6.07, 6.45) is 3.60. The number of imide groups is 1. The van der Waals surface area contributed by atoms with Crippen molar-refractivity contribution >= 4 is 58.3 Å². The van der Waals surface area contributed by atoms with Crippen LogP contribution >= 0.6 is 23.2 Å². The quantitative estimate of drug-likeness (QED) is 0.195. The largest absolute Gasteiger partial charge is 0.358 e. The highest BCUT2D eigenvalue weighted by atomic mass is 35.5. The zero-order chi connectivity index (χ0) is 26.0. The fourth-order valence-corrected chi connectivity index (χ4v) is 6.21. The zero-order valence-electron chi connectivity index (χ0n) is 19.0. The first-order valence-corrected chi connectivity index (χ1v) is 12.2. The van der Waals surface area contributed by atoms with Crippen LogP contribution in [0.5, 0.6) is 0 Å². The van der Waals surface area contributed by atoms with Gasteiger partial charge in [0.15, 0.2) is 5.78 Å². The lowest BCUT2D eigenvalue weighted by Crippen LogP contribution is -2.44. The number of carbonyl (C=O) groups is 3. The summed E-state index contributed by atoms with van der Waals surface area (Å²) < 4.78 is 0. The Kier molecular flexibility index (Phi) is 5.40. The molecule has 3 aromatic carbocycles. The van der Waals surface area contributed by atoms with E-state index in [1.54, 1.807) is 17.2 Å². The van der Waals surface area contributed by atoms with Crippen LogP contribution in [0.2, 0.25) is 10.0 Å². The van der Waals surface area contributed by atoms with Crippen molar-refractivity contribution in [3.63, 3.8) is 0 Å². The highest BCUT2D eigenvalue weighted by Crippen LogP contribution is 2.54. The molecule has 10 heteroatoms. The van der Waals surface area contributed by atoms with E-state index in [0.29, 0.717) is 5.02 Å². The van der Waals surface area contributed by atoms with Crippen LogP contribution in [0.4, 0.5) is 11.4 Å². The van der Waals surface area contributed by atoms with Gasteiger partial charge in [-0.3, -0.25) is 24.5 Å². The van der Waals surface area contributed by atoms with E-state index in [-0.39, 0.29) is 22.0 Å². The number of fused-ring (bicyclic) bond motifs is 5. The number of benzene rings is 3. The molecule has 4 atom stereocenters. The van der Waals surface area contributed by atoms with Gasteiger partial charge in [-0.05, 0) is 41.5 Å². The molecule has 3 aliphatic heterocycles. The fraction of sp³-hybridized carbons (Fsp3) is 0.148. The van der Waals surface area contributed by atoms with Crippen LogP contribution < -0.4 is 4.90 Å². The number of halogens is 2. The predicted octanol–water partition coefficient (Wildman–Crippen LogP) is 5.30. The molecule has 0 unspecified atom stereocenters. The van der Waals surface area contributed by atoms with Crippen molar-refractivity contribution in [2.45, 2.75) is 12.1 Å². The van der Waals surface area contributed by atoms with E-state index in [0.717, 1.165) is 16.0 Å². The third kappa shape index (κ3) is 3.48. The SMILES string of the molecule is O=C(c1ccc(Cl)cc1Cl)[C@@H]1[C@@H]2C(=O)N(c3cccc([N+](=O)[O-])c3)C(=O)[C@@H]2[C@H]2c3ccccc3C=CN12. The summed E-state index contributed by atoms with van der Waals surface area (Å²) in [5.74, 6) is -3.40. The third-order valence-corrected chi connectivity index (χ3v) is 7.77. The van der Waals surface area contributed by atoms with Gasteiger partial charge in [0.1, 0.15) is 6.04 Å². The smallest absolute Gasteiger partial charge is 0.271 e. The van der Waals surface area contributed by atoms with E-state index >= 15 is 0 Å². The van der Waals surface area contributed by atoms with Crippen LogP contribution in [-0.2, 0) is 9.59 Å². The maximum Gasteiger partial charge on any atom is 0.271 e. The molecule has 2 fully saturated rings. The molecule has 0 aromatic heterocycles. The number of hydrogen-bond acceptors (Lipinski definition) is 6. The van der Waals surface area contributed by atoms with Gasteiger partial charge in [0.25, 0.3) is 5.69 Å². The first-order valence-electron chi connectivity index (χ1n) is 11.4. The second-order valence-electron chi connectivity index (χ2n) is 9.11. The van der Waals surface area contributed by atoms with Gasteiger partial charge < -0.3 is 4.90 Å². The van der Waals surface area contributed by atoms with E-state index in [9.17, 15) is 24.5 Å². The molecule has 0 bridgehead atoms. The number of amides is 2. The average molecular weight is 534 g/mol. The topological polar surface area (TPSA) is 101 Å². The Hall–Kier alpha value is -4.01. The maximum atomic E-state index is 14.0. The van der Waals surface area contributed by atoms with Crippen LogP contribution in [0.1, 0.15) is 27.5 Å². The highest BCUT2D eigenvalue weighted by Gasteiger charge is 2.64. The first-order chi connectivity index (χ1) is 17.8. The van der Waals surface area contributed by atoms with E-state index in [4.69, 9.17) is 23.2 Å². The van der Waals surface area contributed by atoms with Crippen molar-refractivity contribution in [1.82, 2.24) is 4.90 Å². The lowest BCUT2D eigenvalue weighted by atomic mass is 9.83. The van der Waals surface area contributed by atoms with Gasteiger partial charge in [-0.1, -0.05) is 53.5 Å². The molecule has 0 N–H and O–H groups in total. The summed E-state index contributed by atoms with van der Waals surface area (Å²) in [5, 5.41) is 11.8. The minimum atomic E-state index is -1.02. The van der Waals surface area contributed by atoms with Crippen molar-refractivity contribution in [3.05, 3.63) is 110 Å². The molecule has 3 heterocycles. The standard InChI is InChI=1S/C27H17Cl2N3O5/c28-15-8-9-19(20(29)12-15)25(33)24-22-21(23-18-7-2-1-4-14(18)10-11-30(23)24)26(34)31(27(22)35)16-5-3-6-17(13-16)32(36)37/h1-13,21-24H/t21-,22+,23+,24-/m0/s1. The van der Waals surface area contributed by atoms with Crippen LogP contribution in [0, 0.1) is 22.0 Å². The van der Waals surface area contributed by atoms with Gasteiger partial charge in [0, 0.05) is 28.9 Å². The Morgan fingerprint density at radius 2 is 1.68 bits per heavy atom. The van der Waals surface area contributed by atoms with E-state index in [1.165, 1.54) is 36.4 Å². The van der Waals surface area contributed by atoms with Crippen LogP contribution in [0.25, 0.3) is 6.08 Å². The maximum absolute atomic E-state index is 14.0. The van der Waals surface area contributed by atoms with E-state index in [1.807, 2.05) is 30.3 Å². The Morgan fingerprint density at radius 3 is 2.43 bits per heavy atom. The molecule has 8 nitrogen and oxygen atoms in total. The summed E-state index contributed by atoms with van der Waals surface area (Å²) >= 11 is 12.4. The number of anilines is 1. The summed E-state index contributed by atoms with van der Waals surface area (Å²) in [4.78, 5) is 55.2. The third-order valence-electron chi connectivity index (χ3n) is 7.23. The minimum absolute atomic E-state index is 0.0977. The van der Waals surface area contributed by atoms with Gasteiger partial charge in [0.2, 0.25) is 11.8 Å². The second kappa shape index (κ2) is 8.54. The van der Waals surface area contributed by atoms with Crippen molar-refractivity contribution in [3.8, 4) is 0 Å². The van der Waals surface area contributed by atoms with Gasteiger partial charge in [-0.25, -0.2) is 4.90 Å². The van der Waals surface area contributed by atoms with Gasteiger partial charge in [-0.2, -0.15) is 0 Å². The molecule has 0 spiro atoms. The summed E-state index contributed by atoms with van der Waals surface area (Å²) in [7, 11) is 0. The van der Waals surface area contributed by atoms with Gasteiger partial charge >= 0.3 is 0 Å². The number of Topliss-reactive ketones (excluding diaryl/α,β-unsaturated/α-hetero) is 1. The number of ketones is 1. The number of non-ortho nitro benzene ring substituents is 1. The molecule has 3 aromatic rings. The molecule has 3 aliphatic rings. The number of rotatable bonds is 4. The zero-order valence-corrected chi connectivity index (χ0v) is 20.5. The lowest BCUT2D eigenvalue weighted by Gasteiger charge is -2.35. The number of carbonyl (C=O) groups excluding carboxylic acids is 3. The van der Waals surface area contributed by atoms with Crippen molar-refractivity contribution < 1.29 is 19.3 Å². The molecule has 184 valence electrons. The molecule has 2 amide bonds. The Labute approximate surface area is 220 Å². The normalized spacial score (nSPS) is 23.6. The minimum Gasteiger partial charge on any atom is -0.358 e. The predicted molar refractivity (Wildman–Crippen MR) is 137 cm³/mol. The Morgan fingerprint density at radius 1 is 0.919 bits per heavy atom. The van der Waals surface area contributed by atoms with Crippen LogP contribution in [0.3, 0.4) is 0 Å². The molecular weight excluding hydrogens is 517 g/mol. The molecule has 37 heavy (non-hydrogen) atoms. The summed E-state index contributed by atoms with van der Waals surface area (Å²) in [5.41, 5.74) is 1.74. The molecule has 6 rings (SSSR count). The van der Waals surface area contributed by atoms with Gasteiger partial charge in [-0.15, -0.1) is 0 Å². The van der Waals surface area contributed by atoms with Crippen molar-refractivity contribution in [2.75, 3.05) is 4.90 Å². The fourth-order valence-electron chi connectivity index (χ4n) is 5.71. The van der Waals surface area contributed by atoms with Crippen molar-refractivity contribution in [2.24, 2.45) is 11.8 Å². The Bertz CT molecular complexity index is 1550. The van der Waals surface area contributed by atoms with Crippen molar-refractivity contribution in [1.29, 1.82) is 0 Å². The first kappa shape index (κ1) is 23.4. The monoisotopic (exact) mass is 533 g/mol. The molecular formula is C27H17Cl2N3O5. The summed E-state index contributed by atoms with van der Waals surface area (Å²) in [6.45, 7) is 0. The van der Waals surface area contributed by atoms with Crippen LogP contribution in [0.15, 0.2) is 72.9 Å². The Balaban J connectivity index is 1.50. The highest BCUT2D eigenvalue weighted by molar-refractivity contribution is 6.37. The number of nitro benzene ring substituents is 1. The van der Waals surface area contributed by atoms with E-state index < -0.39 is 46.4 Å². The second-order valence-corrected chi connectivity index (χ2v) is 9.95. The number of nitro groups is 1. The number of hydrogen-bond donors (Lipinski definition) is 0. The average Bonchev–Trinajstić information content (AvgIpc) is 3.36. The van der Waals surface area contributed by atoms with E-state index in [2.05, 4.69) is 0 Å². The summed E-state index contributed by atoms with van der Waals surface area (Å²) in [6, 6.07) is 15.8. The van der Waals surface area contributed by atoms with Gasteiger partial charge in [0.05, 0.1) is 33.5 Å². The molecule has 0 saturated carbocycles. The molecule has 0 aliphatic carbocycles. The molecule has 2 saturated heterocycles. The number of nitrogens with zero attached hydrogens (tertiary/aromatic N) is 3.